The van der Waals surface area contributed by atoms with Gasteiger partial charge in [-0.05, 0) is 43.7 Å². The first-order valence-corrected chi connectivity index (χ1v) is 8.25. The molecule has 102 valence electrons. The number of rotatable bonds is 2. The van der Waals surface area contributed by atoms with E-state index >= 15 is 0 Å². The summed E-state index contributed by atoms with van der Waals surface area (Å²) in [5.41, 5.74) is 3.16. The molecule has 3 rings (SSSR count). The van der Waals surface area contributed by atoms with Gasteiger partial charge in [0, 0.05) is 11.3 Å². The van der Waals surface area contributed by atoms with Crippen LogP contribution >= 0.6 is 11.8 Å². The minimum Gasteiger partial charge on any atom is -0.359 e. The minimum atomic E-state index is 0.234. The molecular weight excluding hydrogens is 252 g/mol. The van der Waals surface area contributed by atoms with Gasteiger partial charge in [0.1, 0.15) is 0 Å². The van der Waals surface area contributed by atoms with E-state index in [4.69, 9.17) is 4.99 Å². The van der Waals surface area contributed by atoms with Crippen LogP contribution in [-0.2, 0) is 6.42 Å². The summed E-state index contributed by atoms with van der Waals surface area (Å²) in [6.07, 6.45) is 4.81. The minimum absolute atomic E-state index is 0.234. The Labute approximate surface area is 120 Å². The van der Waals surface area contributed by atoms with Crippen LogP contribution in [0.5, 0.6) is 0 Å². The molecule has 0 amide bonds. The van der Waals surface area contributed by atoms with Crippen molar-refractivity contribution in [2.75, 3.05) is 5.75 Å². The predicted molar refractivity (Wildman–Crippen MR) is 83.8 cm³/mol. The molecule has 2 unspecified atom stereocenters. The molecule has 2 nitrogen and oxygen atoms in total. The van der Waals surface area contributed by atoms with Gasteiger partial charge in [0.2, 0.25) is 0 Å². The Bertz CT molecular complexity index is 497. The maximum absolute atomic E-state index is 4.99. The molecule has 3 heteroatoms. The van der Waals surface area contributed by atoms with Crippen LogP contribution in [0.15, 0.2) is 29.3 Å². The molecule has 0 radical (unpaired) electrons. The highest BCUT2D eigenvalue weighted by Gasteiger charge is 2.31. The van der Waals surface area contributed by atoms with Crippen LogP contribution < -0.4 is 5.32 Å². The molecule has 19 heavy (non-hydrogen) atoms. The molecule has 1 saturated heterocycles. The van der Waals surface area contributed by atoms with Crippen molar-refractivity contribution in [3.8, 4) is 0 Å². The van der Waals surface area contributed by atoms with Gasteiger partial charge < -0.3 is 5.32 Å². The third-order valence-corrected chi connectivity index (χ3v) is 5.59. The second-order valence-electron chi connectivity index (χ2n) is 5.87. The molecule has 0 aromatic heterocycles. The number of benzene rings is 1. The second kappa shape index (κ2) is 5.20. The lowest BCUT2D eigenvalue weighted by Gasteiger charge is -2.24. The standard InChI is InChI=1S/C16H22N2S/c1-3-16(2)11-19-15(18-16)17-14-10-6-8-12-7-4-5-9-13(12)14/h4-5,7,9,14H,3,6,8,10-11H2,1-2H3,(H,17,18). The van der Waals surface area contributed by atoms with Crippen LogP contribution in [0.4, 0.5) is 0 Å². The molecule has 1 fully saturated rings. The number of nitrogens with one attached hydrogen (secondary N) is 1. The maximum Gasteiger partial charge on any atom is 0.157 e. The third-order valence-electron chi connectivity index (χ3n) is 4.33. The summed E-state index contributed by atoms with van der Waals surface area (Å²) in [5.74, 6) is 1.14. The fourth-order valence-electron chi connectivity index (χ4n) is 2.82. The zero-order valence-corrected chi connectivity index (χ0v) is 12.6. The smallest absolute Gasteiger partial charge is 0.157 e. The van der Waals surface area contributed by atoms with Crippen molar-refractivity contribution in [1.29, 1.82) is 0 Å². The van der Waals surface area contributed by atoms with E-state index in [0.29, 0.717) is 6.04 Å². The average molecular weight is 274 g/mol. The lowest BCUT2D eigenvalue weighted by Crippen LogP contribution is -2.39. The third kappa shape index (κ3) is 2.66. The molecule has 0 bridgehead atoms. The molecule has 0 saturated carbocycles. The van der Waals surface area contributed by atoms with Gasteiger partial charge in [-0.15, -0.1) is 0 Å². The Balaban J connectivity index is 1.82. The molecule has 2 atom stereocenters. The van der Waals surface area contributed by atoms with Crippen LogP contribution in [0.3, 0.4) is 0 Å². The Morgan fingerprint density at radius 2 is 2.26 bits per heavy atom. The maximum atomic E-state index is 4.99. The van der Waals surface area contributed by atoms with E-state index in [9.17, 15) is 0 Å². The first kappa shape index (κ1) is 13.0. The number of hydrogen-bond donors (Lipinski definition) is 1. The molecule has 1 aromatic carbocycles. The largest absolute Gasteiger partial charge is 0.359 e. The van der Waals surface area contributed by atoms with E-state index in [-0.39, 0.29) is 5.54 Å². The summed E-state index contributed by atoms with van der Waals surface area (Å²) in [6.45, 7) is 4.53. The summed E-state index contributed by atoms with van der Waals surface area (Å²) in [5, 5.41) is 4.75. The molecule has 0 spiro atoms. The number of fused-ring (bicyclic) bond motifs is 1. The normalized spacial score (nSPS) is 32.1. The van der Waals surface area contributed by atoms with Crippen molar-refractivity contribution >= 4 is 16.9 Å². The molecule has 1 aliphatic heterocycles. The molecule has 1 aromatic rings. The summed E-state index contributed by atoms with van der Waals surface area (Å²) >= 11 is 1.88. The molecule has 1 aliphatic carbocycles. The lowest BCUT2D eigenvalue weighted by molar-refractivity contribution is 0.464. The zero-order chi connectivity index (χ0) is 13.3. The van der Waals surface area contributed by atoms with Crippen LogP contribution in [0, 0.1) is 0 Å². The first-order chi connectivity index (χ1) is 9.20. The van der Waals surface area contributed by atoms with Gasteiger partial charge >= 0.3 is 0 Å². The van der Waals surface area contributed by atoms with Crippen LogP contribution in [0.1, 0.15) is 50.3 Å². The number of nitrogens with zero attached hydrogens (tertiary/aromatic N) is 1. The van der Waals surface area contributed by atoms with Gasteiger partial charge in [-0.2, -0.15) is 0 Å². The molecule has 1 heterocycles. The highest BCUT2D eigenvalue weighted by Crippen LogP contribution is 2.34. The van der Waals surface area contributed by atoms with Gasteiger partial charge in [-0.3, -0.25) is 4.99 Å². The van der Waals surface area contributed by atoms with E-state index < -0.39 is 0 Å². The summed E-state index contributed by atoms with van der Waals surface area (Å²) in [7, 11) is 0. The van der Waals surface area contributed by atoms with Crippen molar-refractivity contribution in [1.82, 2.24) is 5.32 Å². The number of thioether (sulfide) groups is 1. The highest BCUT2D eigenvalue weighted by atomic mass is 32.2. The fraction of sp³-hybridized carbons (Fsp3) is 0.562. The Kier molecular flexibility index (Phi) is 3.57. The zero-order valence-electron chi connectivity index (χ0n) is 11.8. The van der Waals surface area contributed by atoms with Gasteiger partial charge in [-0.25, -0.2) is 0 Å². The number of hydrogen-bond acceptors (Lipinski definition) is 2. The average Bonchev–Trinajstić information content (AvgIpc) is 2.82. The van der Waals surface area contributed by atoms with Crippen molar-refractivity contribution in [3.05, 3.63) is 35.4 Å². The van der Waals surface area contributed by atoms with Crippen molar-refractivity contribution in [2.45, 2.75) is 51.1 Å². The number of aryl methyl sites for hydroxylation is 1. The number of amidine groups is 1. The van der Waals surface area contributed by atoms with Crippen molar-refractivity contribution in [2.24, 2.45) is 4.99 Å². The monoisotopic (exact) mass is 274 g/mol. The molecular formula is C16H22N2S. The van der Waals surface area contributed by atoms with E-state index in [0.717, 1.165) is 17.3 Å². The predicted octanol–water partition coefficient (Wildman–Crippen LogP) is 3.93. The van der Waals surface area contributed by atoms with Crippen LogP contribution in [0.2, 0.25) is 0 Å². The Hall–Kier alpha value is -0.960. The highest BCUT2D eigenvalue weighted by molar-refractivity contribution is 8.14. The summed E-state index contributed by atoms with van der Waals surface area (Å²) in [6, 6.07) is 9.15. The van der Waals surface area contributed by atoms with E-state index in [1.807, 2.05) is 11.8 Å². The van der Waals surface area contributed by atoms with E-state index in [2.05, 4.69) is 43.4 Å². The van der Waals surface area contributed by atoms with Crippen LogP contribution in [0.25, 0.3) is 0 Å². The van der Waals surface area contributed by atoms with E-state index in [1.165, 1.54) is 30.4 Å². The quantitative estimate of drug-likeness (QED) is 0.884. The summed E-state index contributed by atoms with van der Waals surface area (Å²) in [4.78, 5) is 4.99. The SMILES string of the molecule is CCC1(C)CSC(=NC2CCCc3ccccc32)N1. The van der Waals surface area contributed by atoms with Crippen LogP contribution in [-0.4, -0.2) is 16.5 Å². The van der Waals surface area contributed by atoms with Gasteiger partial charge in [-0.1, -0.05) is 43.0 Å². The number of aliphatic imine (C=N–C) groups is 1. The molecule has 1 N–H and O–H groups in total. The van der Waals surface area contributed by atoms with Gasteiger partial charge in [0.25, 0.3) is 0 Å². The first-order valence-electron chi connectivity index (χ1n) is 7.27. The Morgan fingerprint density at radius 3 is 3.05 bits per heavy atom. The second-order valence-corrected chi connectivity index (χ2v) is 6.83. The molecule has 2 aliphatic rings. The van der Waals surface area contributed by atoms with E-state index in [1.54, 1.807) is 0 Å². The lowest BCUT2D eigenvalue weighted by atomic mass is 9.88. The Morgan fingerprint density at radius 1 is 1.42 bits per heavy atom. The van der Waals surface area contributed by atoms with Crippen molar-refractivity contribution < 1.29 is 0 Å². The van der Waals surface area contributed by atoms with Crippen molar-refractivity contribution in [3.63, 3.8) is 0 Å². The van der Waals surface area contributed by atoms with Gasteiger partial charge in [0.05, 0.1) is 6.04 Å². The van der Waals surface area contributed by atoms with Gasteiger partial charge in [0.15, 0.2) is 5.17 Å². The summed E-state index contributed by atoms with van der Waals surface area (Å²) < 4.78 is 0. The fourth-order valence-corrected chi connectivity index (χ4v) is 4.07. The topological polar surface area (TPSA) is 24.4 Å².